The van der Waals surface area contributed by atoms with Crippen LogP contribution >= 0.6 is 11.6 Å². The van der Waals surface area contributed by atoms with E-state index in [2.05, 4.69) is 20.6 Å². The van der Waals surface area contributed by atoms with Crippen LogP contribution in [-0.4, -0.2) is 45.7 Å². The number of ketones is 1. The number of hydrogen-bond donors (Lipinski definition) is 1. The van der Waals surface area contributed by atoms with Crippen LogP contribution < -0.4 is 4.74 Å². The van der Waals surface area contributed by atoms with Crippen LogP contribution in [0, 0.1) is 5.92 Å². The van der Waals surface area contributed by atoms with Crippen molar-refractivity contribution in [3.63, 3.8) is 0 Å². The van der Waals surface area contributed by atoms with Crippen molar-refractivity contribution in [1.82, 2.24) is 20.6 Å². The molecule has 0 bridgehead atoms. The summed E-state index contributed by atoms with van der Waals surface area (Å²) in [4.78, 5) is 12.5. The Balaban J connectivity index is 1.46. The van der Waals surface area contributed by atoms with Crippen LogP contribution in [0.25, 0.3) is 0 Å². The van der Waals surface area contributed by atoms with E-state index in [0.29, 0.717) is 35.4 Å². The molecule has 1 aromatic heterocycles. The third-order valence-electron chi connectivity index (χ3n) is 3.94. The average molecular weight is 321 g/mol. The topological polar surface area (TPSA) is 90.0 Å². The lowest BCUT2D eigenvalue weighted by atomic mass is 10.1. The minimum absolute atomic E-state index is 0.0464. The summed E-state index contributed by atoms with van der Waals surface area (Å²) in [5.74, 6) is 1.18. The van der Waals surface area contributed by atoms with Gasteiger partial charge in [0.25, 0.3) is 0 Å². The first kappa shape index (κ1) is 13.7. The van der Waals surface area contributed by atoms with Gasteiger partial charge in [-0.15, -0.1) is 10.2 Å². The van der Waals surface area contributed by atoms with Crippen molar-refractivity contribution in [2.24, 2.45) is 5.92 Å². The smallest absolute Gasteiger partial charge is 0.178 e. The second-order valence-corrected chi connectivity index (χ2v) is 5.91. The summed E-state index contributed by atoms with van der Waals surface area (Å²) in [6, 6.07) is 5.14. The van der Waals surface area contributed by atoms with Crippen molar-refractivity contribution in [3.8, 4) is 5.75 Å². The largest absolute Gasteiger partial charge is 0.484 e. The van der Waals surface area contributed by atoms with E-state index in [9.17, 15) is 4.79 Å². The van der Waals surface area contributed by atoms with Crippen molar-refractivity contribution >= 4 is 17.4 Å². The van der Waals surface area contributed by atoms with Gasteiger partial charge in [0.05, 0.1) is 18.2 Å². The predicted molar refractivity (Wildman–Crippen MR) is 76.0 cm³/mol. The van der Waals surface area contributed by atoms with E-state index >= 15 is 0 Å². The molecule has 0 spiro atoms. The summed E-state index contributed by atoms with van der Waals surface area (Å²) in [5.41, 5.74) is 0.582. The number of ether oxygens (including phenoxy) is 2. The van der Waals surface area contributed by atoms with Crippen LogP contribution in [0.15, 0.2) is 18.2 Å². The molecule has 1 aliphatic carbocycles. The first-order valence-electron chi connectivity index (χ1n) is 7.04. The van der Waals surface area contributed by atoms with Gasteiger partial charge in [-0.2, -0.15) is 5.21 Å². The number of carbonyl (C=O) groups excluding carboxylic acids is 1. The minimum atomic E-state index is -0.0968. The molecule has 1 N–H and O–H groups in total. The van der Waals surface area contributed by atoms with Gasteiger partial charge in [-0.3, -0.25) is 4.79 Å². The molecule has 114 valence electrons. The normalized spacial score (nSPS) is 23.9. The maximum absolute atomic E-state index is 12.5. The van der Waals surface area contributed by atoms with Crippen LogP contribution in [-0.2, 0) is 4.74 Å². The Labute approximate surface area is 130 Å². The molecular formula is C14H13ClN4O3. The minimum Gasteiger partial charge on any atom is -0.484 e. The molecule has 2 atom stereocenters. The Kier molecular flexibility index (Phi) is 3.31. The fraction of sp³-hybridized carbons (Fsp3) is 0.429. The highest BCUT2D eigenvalue weighted by Crippen LogP contribution is 2.47. The fourth-order valence-corrected chi connectivity index (χ4v) is 2.75. The standard InChI is InChI=1S/C14H13ClN4O3/c15-11-3-7(1-2-12(11)22-8-5-21-6-8)13(20)9-4-10(9)14-16-18-19-17-14/h1-3,8-10H,4-6H2,(H,16,17,18,19)/t9-,10-/m0/s1. The van der Waals surface area contributed by atoms with E-state index in [1.807, 2.05) is 0 Å². The Bertz CT molecular complexity index is 702. The lowest BCUT2D eigenvalue weighted by Gasteiger charge is -2.27. The molecule has 0 amide bonds. The third-order valence-corrected chi connectivity index (χ3v) is 4.23. The number of Topliss-reactive ketones (excluding diaryl/α,β-unsaturated/α-hetero) is 1. The summed E-state index contributed by atoms with van der Waals surface area (Å²) < 4.78 is 10.7. The Morgan fingerprint density at radius 3 is 2.91 bits per heavy atom. The number of benzene rings is 1. The first-order chi connectivity index (χ1) is 10.7. The Hall–Kier alpha value is -1.99. The van der Waals surface area contributed by atoms with Crippen LogP contribution in [0.2, 0.25) is 5.02 Å². The van der Waals surface area contributed by atoms with Crippen molar-refractivity contribution in [3.05, 3.63) is 34.6 Å². The fourth-order valence-electron chi connectivity index (χ4n) is 2.52. The third kappa shape index (κ3) is 2.46. The van der Waals surface area contributed by atoms with Gasteiger partial charge in [0, 0.05) is 17.4 Å². The molecule has 2 aliphatic rings. The molecule has 22 heavy (non-hydrogen) atoms. The molecule has 2 aromatic rings. The molecule has 2 heterocycles. The average Bonchev–Trinajstić information content (AvgIpc) is 3.08. The molecule has 7 nitrogen and oxygen atoms in total. The summed E-state index contributed by atoms with van der Waals surface area (Å²) in [6.07, 6.45) is 0.790. The van der Waals surface area contributed by atoms with Gasteiger partial charge in [0.15, 0.2) is 11.6 Å². The van der Waals surface area contributed by atoms with Gasteiger partial charge in [0.1, 0.15) is 11.9 Å². The van der Waals surface area contributed by atoms with E-state index in [1.165, 1.54) is 0 Å². The summed E-state index contributed by atoms with van der Waals surface area (Å²) in [5, 5.41) is 14.2. The van der Waals surface area contributed by atoms with Crippen molar-refractivity contribution < 1.29 is 14.3 Å². The molecule has 1 saturated carbocycles. The number of hydrogen-bond acceptors (Lipinski definition) is 6. The van der Waals surface area contributed by atoms with Gasteiger partial charge in [-0.05, 0) is 24.6 Å². The maximum Gasteiger partial charge on any atom is 0.178 e. The zero-order chi connectivity index (χ0) is 15.1. The number of H-pyrrole nitrogens is 1. The number of aromatic nitrogens is 4. The van der Waals surface area contributed by atoms with E-state index in [0.717, 1.165) is 6.42 Å². The highest BCUT2D eigenvalue weighted by Gasteiger charge is 2.46. The molecule has 2 fully saturated rings. The summed E-state index contributed by atoms with van der Waals surface area (Å²) in [7, 11) is 0. The summed E-state index contributed by atoms with van der Waals surface area (Å²) in [6.45, 7) is 1.15. The number of aromatic amines is 1. The maximum atomic E-state index is 12.5. The number of rotatable bonds is 5. The molecule has 8 heteroatoms. The predicted octanol–water partition coefficient (Wildman–Crippen LogP) is 1.62. The van der Waals surface area contributed by atoms with E-state index < -0.39 is 0 Å². The lowest BCUT2D eigenvalue weighted by molar-refractivity contribution is -0.0796. The molecule has 4 rings (SSSR count). The molecule has 1 aliphatic heterocycles. The number of nitrogens with zero attached hydrogens (tertiary/aromatic N) is 3. The molecule has 1 saturated heterocycles. The van der Waals surface area contributed by atoms with Gasteiger partial charge in [0.2, 0.25) is 0 Å². The van der Waals surface area contributed by atoms with Crippen LogP contribution in [0.1, 0.15) is 28.5 Å². The number of tetrazole rings is 1. The van der Waals surface area contributed by atoms with Gasteiger partial charge < -0.3 is 9.47 Å². The van der Waals surface area contributed by atoms with Crippen molar-refractivity contribution in [2.45, 2.75) is 18.4 Å². The quantitative estimate of drug-likeness (QED) is 0.842. The van der Waals surface area contributed by atoms with E-state index in [-0.39, 0.29) is 23.7 Å². The van der Waals surface area contributed by atoms with E-state index in [4.69, 9.17) is 21.1 Å². The number of halogens is 1. The Morgan fingerprint density at radius 1 is 1.41 bits per heavy atom. The second-order valence-electron chi connectivity index (χ2n) is 5.51. The number of nitrogens with one attached hydrogen (secondary N) is 1. The van der Waals surface area contributed by atoms with Gasteiger partial charge >= 0.3 is 0 Å². The first-order valence-corrected chi connectivity index (χ1v) is 7.41. The monoisotopic (exact) mass is 320 g/mol. The van der Waals surface area contributed by atoms with E-state index in [1.54, 1.807) is 18.2 Å². The lowest BCUT2D eigenvalue weighted by Crippen LogP contribution is -2.38. The van der Waals surface area contributed by atoms with Gasteiger partial charge in [-0.1, -0.05) is 16.8 Å². The van der Waals surface area contributed by atoms with Crippen molar-refractivity contribution in [1.29, 1.82) is 0 Å². The highest BCUT2D eigenvalue weighted by atomic mass is 35.5. The van der Waals surface area contributed by atoms with Crippen LogP contribution in [0.5, 0.6) is 5.75 Å². The zero-order valence-electron chi connectivity index (χ0n) is 11.5. The van der Waals surface area contributed by atoms with Crippen LogP contribution in [0.3, 0.4) is 0 Å². The Morgan fingerprint density at radius 2 is 2.27 bits per heavy atom. The number of carbonyl (C=O) groups is 1. The SMILES string of the molecule is O=C(c1ccc(OC2COC2)c(Cl)c1)[C@H]1C[C@@H]1c1nn[nH]n1. The summed E-state index contributed by atoms with van der Waals surface area (Å²) >= 11 is 6.20. The highest BCUT2D eigenvalue weighted by molar-refractivity contribution is 6.32. The molecular weight excluding hydrogens is 308 g/mol. The van der Waals surface area contributed by atoms with Gasteiger partial charge in [-0.25, -0.2) is 0 Å². The van der Waals surface area contributed by atoms with Crippen LogP contribution in [0.4, 0.5) is 0 Å². The second kappa shape index (κ2) is 5.33. The van der Waals surface area contributed by atoms with Crippen molar-refractivity contribution in [2.75, 3.05) is 13.2 Å². The zero-order valence-corrected chi connectivity index (χ0v) is 12.3. The molecule has 0 radical (unpaired) electrons. The molecule has 1 aromatic carbocycles. The molecule has 0 unspecified atom stereocenters.